The van der Waals surface area contributed by atoms with Gasteiger partial charge in [-0.05, 0) is 52.3 Å². The highest BCUT2D eigenvalue weighted by Gasteiger charge is 2.13. The van der Waals surface area contributed by atoms with Crippen molar-refractivity contribution in [3.63, 3.8) is 0 Å². The normalized spacial score (nSPS) is 11.9. The zero-order chi connectivity index (χ0) is 14.9. The van der Waals surface area contributed by atoms with E-state index in [2.05, 4.69) is 48.6 Å². The first-order valence-corrected chi connectivity index (χ1v) is 7.20. The molecule has 20 heavy (non-hydrogen) atoms. The second-order valence-electron chi connectivity index (χ2n) is 6.16. The molecule has 2 rings (SSSR count). The van der Waals surface area contributed by atoms with Crippen LogP contribution < -0.4 is 5.32 Å². The van der Waals surface area contributed by atoms with Gasteiger partial charge in [-0.3, -0.25) is 0 Å². The van der Waals surface area contributed by atoms with Crippen molar-refractivity contribution in [1.29, 1.82) is 0 Å². The minimum Gasteiger partial charge on any atom is -0.308 e. The van der Waals surface area contributed by atoms with Crippen molar-refractivity contribution in [1.82, 2.24) is 14.9 Å². The first-order valence-electron chi connectivity index (χ1n) is 6.82. The van der Waals surface area contributed by atoms with Gasteiger partial charge in [-0.15, -0.1) is 0 Å². The van der Waals surface area contributed by atoms with Gasteiger partial charge in [0.25, 0.3) is 0 Å². The maximum Gasteiger partial charge on any atom is 0.0997 e. The van der Waals surface area contributed by atoms with Crippen LogP contribution in [0.5, 0.6) is 0 Å². The summed E-state index contributed by atoms with van der Waals surface area (Å²) < 4.78 is 2.10. The van der Waals surface area contributed by atoms with Gasteiger partial charge in [-0.2, -0.15) is 0 Å². The first-order chi connectivity index (χ1) is 9.28. The van der Waals surface area contributed by atoms with Gasteiger partial charge in [0.05, 0.1) is 17.7 Å². The molecule has 0 aliphatic rings. The van der Waals surface area contributed by atoms with E-state index < -0.39 is 0 Å². The number of hydrogen-bond donors (Lipinski definition) is 1. The molecule has 1 aromatic carbocycles. The van der Waals surface area contributed by atoms with E-state index in [1.54, 1.807) is 0 Å². The Morgan fingerprint density at radius 3 is 2.50 bits per heavy atom. The zero-order valence-corrected chi connectivity index (χ0v) is 13.5. The fourth-order valence-electron chi connectivity index (χ4n) is 2.01. The second-order valence-corrected chi connectivity index (χ2v) is 6.60. The van der Waals surface area contributed by atoms with E-state index >= 15 is 0 Å². The highest BCUT2D eigenvalue weighted by atomic mass is 35.5. The molecule has 1 aromatic heterocycles. The van der Waals surface area contributed by atoms with E-state index in [0.717, 1.165) is 28.6 Å². The summed E-state index contributed by atoms with van der Waals surface area (Å²) in [5, 5.41) is 4.26. The Labute approximate surface area is 126 Å². The molecule has 0 fully saturated rings. The zero-order valence-electron chi connectivity index (χ0n) is 12.8. The lowest BCUT2D eigenvalue weighted by atomic mass is 10.1. The predicted molar refractivity (Wildman–Crippen MR) is 84.6 cm³/mol. The summed E-state index contributed by atoms with van der Waals surface area (Å²) in [6.07, 6.45) is 1.86. The third-order valence-corrected chi connectivity index (χ3v) is 3.60. The lowest BCUT2D eigenvalue weighted by Gasteiger charge is -2.22. The highest BCUT2D eigenvalue weighted by Crippen LogP contribution is 2.23. The van der Waals surface area contributed by atoms with Crippen LogP contribution in [-0.4, -0.2) is 15.1 Å². The molecule has 1 heterocycles. The molecule has 0 bridgehead atoms. The molecule has 0 spiro atoms. The number of aryl methyl sites for hydroxylation is 1. The van der Waals surface area contributed by atoms with Crippen molar-refractivity contribution in [2.24, 2.45) is 0 Å². The van der Waals surface area contributed by atoms with E-state index in [-0.39, 0.29) is 5.54 Å². The minimum atomic E-state index is 0.0802. The second kappa shape index (κ2) is 5.58. The molecule has 3 nitrogen and oxygen atoms in total. The largest absolute Gasteiger partial charge is 0.308 e. The number of nitrogens with zero attached hydrogens (tertiary/aromatic N) is 2. The Morgan fingerprint density at radius 2 is 1.95 bits per heavy atom. The smallest absolute Gasteiger partial charge is 0.0997 e. The molecule has 2 aromatic rings. The van der Waals surface area contributed by atoms with E-state index in [4.69, 9.17) is 11.6 Å². The summed E-state index contributed by atoms with van der Waals surface area (Å²) in [4.78, 5) is 4.37. The van der Waals surface area contributed by atoms with E-state index in [0.29, 0.717) is 0 Å². The predicted octanol–water partition coefficient (Wildman–Crippen LogP) is 4.03. The molecule has 108 valence electrons. The van der Waals surface area contributed by atoms with Gasteiger partial charge >= 0.3 is 0 Å². The molecular formula is C16H22ClN3. The summed E-state index contributed by atoms with van der Waals surface area (Å²) in [6.45, 7) is 11.4. The third-order valence-electron chi connectivity index (χ3n) is 3.37. The molecule has 4 heteroatoms. The van der Waals surface area contributed by atoms with E-state index in [9.17, 15) is 0 Å². The van der Waals surface area contributed by atoms with Crippen LogP contribution in [0.15, 0.2) is 24.5 Å². The topological polar surface area (TPSA) is 29.9 Å². The molecule has 0 aliphatic heterocycles. The number of benzene rings is 1. The van der Waals surface area contributed by atoms with Gasteiger partial charge in [-0.25, -0.2) is 4.98 Å². The summed E-state index contributed by atoms with van der Waals surface area (Å²) >= 11 is 6.16. The molecule has 0 atom stereocenters. The minimum absolute atomic E-state index is 0.0802. The van der Waals surface area contributed by atoms with Crippen LogP contribution >= 0.6 is 11.6 Å². The molecule has 0 saturated carbocycles. The Morgan fingerprint density at radius 1 is 1.25 bits per heavy atom. The summed E-state index contributed by atoms with van der Waals surface area (Å²) in [5.74, 6) is 0. The SMILES string of the molecule is Cc1ncn(-c2cc(Cl)ccc2CNC(C)(C)C)c1C. The maximum atomic E-state index is 6.16. The average molecular weight is 292 g/mol. The fraction of sp³-hybridized carbons (Fsp3) is 0.438. The quantitative estimate of drug-likeness (QED) is 0.925. The summed E-state index contributed by atoms with van der Waals surface area (Å²) in [7, 11) is 0. The van der Waals surface area contributed by atoms with Crippen molar-refractivity contribution >= 4 is 11.6 Å². The standard InChI is InChI=1S/C16H22ClN3/c1-11-12(2)20(10-18-11)15-8-14(17)7-6-13(15)9-19-16(3,4)5/h6-8,10,19H,9H2,1-5H3. The highest BCUT2D eigenvalue weighted by molar-refractivity contribution is 6.30. The Balaban J connectivity index is 2.41. The van der Waals surface area contributed by atoms with Crippen LogP contribution in [-0.2, 0) is 6.54 Å². The van der Waals surface area contributed by atoms with Gasteiger partial charge < -0.3 is 9.88 Å². The summed E-state index contributed by atoms with van der Waals surface area (Å²) in [5.41, 5.74) is 4.57. The molecule has 0 amide bonds. The number of hydrogen-bond acceptors (Lipinski definition) is 2. The molecule has 0 unspecified atom stereocenters. The Bertz CT molecular complexity index is 609. The molecule has 0 radical (unpaired) electrons. The van der Waals surface area contributed by atoms with E-state index in [1.165, 1.54) is 5.56 Å². The van der Waals surface area contributed by atoms with Gasteiger partial charge in [-0.1, -0.05) is 17.7 Å². The van der Waals surface area contributed by atoms with Crippen LogP contribution in [0.1, 0.15) is 37.7 Å². The number of nitrogens with one attached hydrogen (secondary N) is 1. The van der Waals surface area contributed by atoms with Crippen LogP contribution in [0.2, 0.25) is 5.02 Å². The molecular weight excluding hydrogens is 270 g/mol. The monoisotopic (exact) mass is 291 g/mol. The first kappa shape index (κ1) is 15.1. The molecule has 0 aliphatic carbocycles. The molecule has 1 N–H and O–H groups in total. The van der Waals surface area contributed by atoms with E-state index in [1.807, 2.05) is 25.4 Å². The van der Waals surface area contributed by atoms with Crippen molar-refractivity contribution in [2.45, 2.75) is 46.7 Å². The Hall–Kier alpha value is -1.32. The van der Waals surface area contributed by atoms with Gasteiger partial charge in [0.1, 0.15) is 0 Å². The third kappa shape index (κ3) is 3.41. The van der Waals surface area contributed by atoms with Gasteiger partial charge in [0.2, 0.25) is 0 Å². The Kier molecular flexibility index (Phi) is 4.21. The molecule has 0 saturated heterocycles. The lowest BCUT2D eigenvalue weighted by molar-refractivity contribution is 0.424. The van der Waals surface area contributed by atoms with Gasteiger partial charge in [0, 0.05) is 22.8 Å². The van der Waals surface area contributed by atoms with Crippen LogP contribution in [0.4, 0.5) is 0 Å². The van der Waals surface area contributed by atoms with Crippen molar-refractivity contribution < 1.29 is 0 Å². The number of imidazole rings is 1. The number of rotatable bonds is 3. The van der Waals surface area contributed by atoms with Gasteiger partial charge in [0.15, 0.2) is 0 Å². The summed E-state index contributed by atoms with van der Waals surface area (Å²) in [6, 6.07) is 6.00. The average Bonchev–Trinajstić information content (AvgIpc) is 2.67. The number of aromatic nitrogens is 2. The lowest BCUT2D eigenvalue weighted by Crippen LogP contribution is -2.35. The van der Waals surface area contributed by atoms with Crippen molar-refractivity contribution in [3.05, 3.63) is 46.5 Å². The van der Waals surface area contributed by atoms with Crippen molar-refractivity contribution in [3.8, 4) is 5.69 Å². The van der Waals surface area contributed by atoms with Crippen molar-refractivity contribution in [2.75, 3.05) is 0 Å². The van der Waals surface area contributed by atoms with Crippen LogP contribution in [0, 0.1) is 13.8 Å². The fourth-order valence-corrected chi connectivity index (χ4v) is 2.18. The van der Waals surface area contributed by atoms with Crippen LogP contribution in [0.25, 0.3) is 5.69 Å². The number of halogens is 1. The maximum absolute atomic E-state index is 6.16. The van der Waals surface area contributed by atoms with Crippen LogP contribution in [0.3, 0.4) is 0 Å².